The first-order valence-electron chi connectivity index (χ1n) is 5.65. The van der Waals surface area contributed by atoms with Crippen molar-refractivity contribution in [2.45, 2.75) is 45.4 Å². The van der Waals surface area contributed by atoms with Gasteiger partial charge in [0.1, 0.15) is 5.75 Å². The lowest BCUT2D eigenvalue weighted by molar-refractivity contribution is 0.472. The number of fused-ring (bicyclic) bond motifs is 1. The molecule has 0 fully saturated rings. The van der Waals surface area contributed by atoms with E-state index in [2.05, 4.69) is 6.92 Å². The Balaban J connectivity index is 2.41. The number of hydrogen-bond acceptors (Lipinski definition) is 1. The molecule has 1 N–H and O–H groups in total. The molecule has 1 nitrogen and oxygen atoms in total. The van der Waals surface area contributed by atoms with Gasteiger partial charge in [-0.2, -0.15) is 0 Å². The first-order valence-corrected chi connectivity index (χ1v) is 5.65. The third-order valence-corrected chi connectivity index (χ3v) is 3.06. The van der Waals surface area contributed by atoms with E-state index in [1.54, 1.807) is 0 Å². The lowest BCUT2D eigenvalue weighted by Gasteiger charge is -2.19. The zero-order chi connectivity index (χ0) is 9.97. The predicted octanol–water partition coefficient (Wildman–Crippen LogP) is 3.22. The van der Waals surface area contributed by atoms with Crippen LogP contribution in [0.2, 0.25) is 0 Å². The van der Waals surface area contributed by atoms with Gasteiger partial charge in [-0.15, -0.1) is 0 Å². The second-order valence-electron chi connectivity index (χ2n) is 4.20. The largest absolute Gasteiger partial charge is 0.508 e. The van der Waals surface area contributed by atoms with Gasteiger partial charge >= 0.3 is 0 Å². The Bertz CT molecular complexity index is 328. The Morgan fingerprint density at radius 2 is 2.00 bits per heavy atom. The summed E-state index contributed by atoms with van der Waals surface area (Å²) in [6.45, 7) is 2.19. The fourth-order valence-electron chi connectivity index (χ4n) is 2.43. The number of phenolic OH excluding ortho intramolecular Hbond substituents is 1. The van der Waals surface area contributed by atoms with Gasteiger partial charge in [-0.25, -0.2) is 0 Å². The van der Waals surface area contributed by atoms with E-state index in [4.69, 9.17) is 0 Å². The van der Waals surface area contributed by atoms with Crippen LogP contribution in [0.4, 0.5) is 0 Å². The van der Waals surface area contributed by atoms with Gasteiger partial charge in [0.25, 0.3) is 0 Å². The Morgan fingerprint density at radius 3 is 2.79 bits per heavy atom. The molecular formula is C13H18O. The molecule has 0 bridgehead atoms. The van der Waals surface area contributed by atoms with E-state index in [0.29, 0.717) is 5.75 Å². The highest BCUT2D eigenvalue weighted by Crippen LogP contribution is 2.29. The Hall–Kier alpha value is -0.980. The molecule has 0 radical (unpaired) electrons. The summed E-state index contributed by atoms with van der Waals surface area (Å²) in [6.07, 6.45) is 7.23. The minimum atomic E-state index is 0.453. The Labute approximate surface area is 85.8 Å². The molecule has 0 aromatic heterocycles. The van der Waals surface area contributed by atoms with E-state index in [1.807, 2.05) is 12.1 Å². The smallest absolute Gasteiger partial charge is 0.116 e. The zero-order valence-electron chi connectivity index (χ0n) is 8.84. The summed E-state index contributed by atoms with van der Waals surface area (Å²) in [5.74, 6) is 0.453. The Morgan fingerprint density at radius 1 is 1.21 bits per heavy atom. The minimum absolute atomic E-state index is 0.453. The fraction of sp³-hybridized carbons (Fsp3) is 0.538. The highest BCUT2D eigenvalue weighted by Gasteiger charge is 2.13. The standard InChI is InChI=1S/C13H18O/c1-2-5-10-8-12(14)9-11-6-3-4-7-13(10)11/h8-9,14H,2-7H2,1H3. The number of benzene rings is 1. The van der Waals surface area contributed by atoms with Crippen LogP contribution in [0.3, 0.4) is 0 Å². The summed E-state index contributed by atoms with van der Waals surface area (Å²) in [5.41, 5.74) is 4.29. The van der Waals surface area contributed by atoms with E-state index >= 15 is 0 Å². The van der Waals surface area contributed by atoms with Gasteiger partial charge in [-0.1, -0.05) is 13.3 Å². The van der Waals surface area contributed by atoms with Gasteiger partial charge in [-0.05, 0) is 60.9 Å². The van der Waals surface area contributed by atoms with Crippen molar-refractivity contribution in [3.63, 3.8) is 0 Å². The maximum Gasteiger partial charge on any atom is 0.116 e. The molecular weight excluding hydrogens is 172 g/mol. The van der Waals surface area contributed by atoms with Crippen LogP contribution in [-0.2, 0) is 19.3 Å². The summed E-state index contributed by atoms with van der Waals surface area (Å²) in [5, 5.41) is 9.60. The van der Waals surface area contributed by atoms with Crippen molar-refractivity contribution in [3.05, 3.63) is 28.8 Å². The maximum absolute atomic E-state index is 9.60. The highest BCUT2D eigenvalue weighted by atomic mass is 16.3. The van der Waals surface area contributed by atoms with Crippen LogP contribution in [0.15, 0.2) is 12.1 Å². The fourth-order valence-corrected chi connectivity index (χ4v) is 2.43. The summed E-state index contributed by atoms with van der Waals surface area (Å²) in [4.78, 5) is 0. The molecule has 1 aromatic carbocycles. The summed E-state index contributed by atoms with van der Waals surface area (Å²) >= 11 is 0. The third kappa shape index (κ3) is 1.77. The second kappa shape index (κ2) is 4.04. The zero-order valence-corrected chi connectivity index (χ0v) is 8.84. The second-order valence-corrected chi connectivity index (χ2v) is 4.20. The topological polar surface area (TPSA) is 20.2 Å². The molecule has 0 spiro atoms. The first kappa shape index (κ1) is 9.57. The van der Waals surface area contributed by atoms with Gasteiger partial charge in [0.2, 0.25) is 0 Å². The van der Waals surface area contributed by atoms with Gasteiger partial charge < -0.3 is 5.11 Å². The highest BCUT2D eigenvalue weighted by molar-refractivity contribution is 5.43. The van der Waals surface area contributed by atoms with Gasteiger partial charge in [0, 0.05) is 0 Å². The number of rotatable bonds is 2. The van der Waals surface area contributed by atoms with Gasteiger partial charge in [0.15, 0.2) is 0 Å². The van der Waals surface area contributed by atoms with Crippen LogP contribution in [-0.4, -0.2) is 5.11 Å². The van der Waals surface area contributed by atoms with Crippen molar-refractivity contribution in [3.8, 4) is 5.75 Å². The molecule has 1 aliphatic carbocycles. The molecule has 0 atom stereocenters. The third-order valence-electron chi connectivity index (χ3n) is 3.06. The molecule has 1 heteroatoms. The normalized spacial score (nSPS) is 15.2. The number of hydrogen-bond donors (Lipinski definition) is 1. The van der Waals surface area contributed by atoms with Crippen molar-refractivity contribution in [2.75, 3.05) is 0 Å². The average molecular weight is 190 g/mol. The molecule has 0 amide bonds. The van der Waals surface area contributed by atoms with Crippen LogP contribution in [0.25, 0.3) is 0 Å². The van der Waals surface area contributed by atoms with Crippen molar-refractivity contribution in [2.24, 2.45) is 0 Å². The summed E-state index contributed by atoms with van der Waals surface area (Å²) in [6, 6.07) is 3.90. The van der Waals surface area contributed by atoms with Crippen LogP contribution >= 0.6 is 0 Å². The lowest BCUT2D eigenvalue weighted by atomic mass is 9.87. The Kier molecular flexibility index (Phi) is 2.76. The molecule has 0 heterocycles. The van der Waals surface area contributed by atoms with Crippen LogP contribution in [0.5, 0.6) is 5.75 Å². The van der Waals surface area contributed by atoms with E-state index in [-0.39, 0.29) is 0 Å². The van der Waals surface area contributed by atoms with Gasteiger partial charge in [-0.3, -0.25) is 0 Å². The van der Waals surface area contributed by atoms with Crippen molar-refractivity contribution < 1.29 is 5.11 Å². The van der Waals surface area contributed by atoms with Crippen LogP contribution in [0, 0.1) is 0 Å². The quantitative estimate of drug-likeness (QED) is 0.759. The maximum atomic E-state index is 9.60. The number of phenols is 1. The molecule has 0 saturated carbocycles. The summed E-state index contributed by atoms with van der Waals surface area (Å²) < 4.78 is 0. The summed E-state index contributed by atoms with van der Waals surface area (Å²) in [7, 11) is 0. The van der Waals surface area contributed by atoms with Crippen molar-refractivity contribution in [1.82, 2.24) is 0 Å². The molecule has 1 aromatic rings. The molecule has 0 aliphatic heterocycles. The molecule has 14 heavy (non-hydrogen) atoms. The average Bonchev–Trinajstić information content (AvgIpc) is 2.18. The molecule has 2 rings (SSSR count). The van der Waals surface area contributed by atoms with Crippen molar-refractivity contribution in [1.29, 1.82) is 0 Å². The SMILES string of the molecule is CCCc1cc(O)cc2c1CCCC2. The molecule has 1 aliphatic rings. The molecule has 0 unspecified atom stereocenters. The lowest BCUT2D eigenvalue weighted by Crippen LogP contribution is -2.06. The van der Waals surface area contributed by atoms with Crippen LogP contribution in [0.1, 0.15) is 42.9 Å². The number of aryl methyl sites for hydroxylation is 2. The minimum Gasteiger partial charge on any atom is -0.508 e. The monoisotopic (exact) mass is 190 g/mol. The van der Waals surface area contributed by atoms with Gasteiger partial charge in [0.05, 0.1) is 0 Å². The van der Waals surface area contributed by atoms with E-state index in [0.717, 1.165) is 19.3 Å². The van der Waals surface area contributed by atoms with Crippen molar-refractivity contribution >= 4 is 0 Å². The van der Waals surface area contributed by atoms with E-state index in [9.17, 15) is 5.11 Å². The molecule has 76 valence electrons. The first-order chi connectivity index (χ1) is 6.81. The van der Waals surface area contributed by atoms with Crippen LogP contribution < -0.4 is 0 Å². The predicted molar refractivity (Wildman–Crippen MR) is 58.7 cm³/mol. The van der Waals surface area contributed by atoms with E-state index in [1.165, 1.54) is 36.0 Å². The number of aromatic hydroxyl groups is 1. The van der Waals surface area contributed by atoms with E-state index < -0.39 is 0 Å². The molecule has 0 saturated heterocycles.